The van der Waals surface area contributed by atoms with Gasteiger partial charge in [-0.05, 0) is 25.1 Å². The van der Waals surface area contributed by atoms with Gasteiger partial charge in [0.25, 0.3) is 0 Å². The fourth-order valence-electron chi connectivity index (χ4n) is 1.37. The molecule has 0 spiro atoms. The summed E-state index contributed by atoms with van der Waals surface area (Å²) in [6.07, 6.45) is 1.13. The van der Waals surface area contributed by atoms with Crippen LogP contribution >= 0.6 is 11.6 Å². The molecule has 0 aliphatic heterocycles. The molecule has 16 heavy (non-hydrogen) atoms. The maximum absolute atomic E-state index is 6.14. The van der Waals surface area contributed by atoms with Crippen LogP contribution in [-0.2, 0) is 6.54 Å². The van der Waals surface area contributed by atoms with E-state index in [4.69, 9.17) is 16.3 Å². The lowest BCUT2D eigenvalue weighted by Gasteiger charge is -2.15. The van der Waals surface area contributed by atoms with E-state index < -0.39 is 0 Å². The predicted octanol–water partition coefficient (Wildman–Crippen LogP) is 3.48. The van der Waals surface area contributed by atoms with E-state index in [9.17, 15) is 0 Å². The Morgan fingerprint density at radius 3 is 2.81 bits per heavy atom. The van der Waals surface area contributed by atoms with E-state index >= 15 is 0 Å². The lowest BCUT2D eigenvalue weighted by Crippen LogP contribution is -2.11. The first-order chi connectivity index (χ1) is 7.69. The molecule has 0 amide bonds. The molecule has 1 atom stereocenters. The number of hydrogen-bond acceptors (Lipinski definition) is 2. The number of hydrogen-bond donors (Lipinski definition) is 1. The summed E-state index contributed by atoms with van der Waals surface area (Å²) in [7, 11) is 1.90. The van der Waals surface area contributed by atoms with Crippen LogP contribution in [0.1, 0.15) is 25.8 Å². The Labute approximate surface area is 103 Å². The van der Waals surface area contributed by atoms with Gasteiger partial charge in [-0.25, -0.2) is 0 Å². The molecular formula is C13H20ClNO. The minimum atomic E-state index is 0.571. The van der Waals surface area contributed by atoms with Crippen molar-refractivity contribution in [1.29, 1.82) is 0 Å². The molecule has 3 heteroatoms. The van der Waals surface area contributed by atoms with Gasteiger partial charge in [-0.2, -0.15) is 0 Å². The molecule has 1 aromatic rings. The minimum Gasteiger partial charge on any atom is -0.493 e. The highest BCUT2D eigenvalue weighted by molar-refractivity contribution is 6.31. The Morgan fingerprint density at radius 1 is 1.44 bits per heavy atom. The highest BCUT2D eigenvalue weighted by Crippen LogP contribution is 2.26. The van der Waals surface area contributed by atoms with Gasteiger partial charge in [-0.15, -0.1) is 0 Å². The zero-order chi connectivity index (χ0) is 12.0. The highest BCUT2D eigenvalue weighted by atomic mass is 35.5. The average molecular weight is 242 g/mol. The van der Waals surface area contributed by atoms with Gasteiger partial charge in [0.15, 0.2) is 0 Å². The van der Waals surface area contributed by atoms with Crippen LogP contribution in [0.3, 0.4) is 0 Å². The minimum absolute atomic E-state index is 0.571. The third-order valence-electron chi connectivity index (χ3n) is 2.65. The molecule has 0 heterocycles. The molecule has 0 radical (unpaired) electrons. The van der Waals surface area contributed by atoms with E-state index in [0.29, 0.717) is 5.92 Å². The van der Waals surface area contributed by atoms with E-state index in [1.165, 1.54) is 0 Å². The summed E-state index contributed by atoms with van der Waals surface area (Å²) >= 11 is 6.14. The van der Waals surface area contributed by atoms with Gasteiger partial charge in [0.1, 0.15) is 5.75 Å². The molecular weight excluding hydrogens is 222 g/mol. The zero-order valence-corrected chi connectivity index (χ0v) is 11.0. The molecule has 2 nitrogen and oxygen atoms in total. The Balaban J connectivity index is 2.74. The molecule has 1 unspecified atom stereocenters. The summed E-state index contributed by atoms with van der Waals surface area (Å²) in [6.45, 7) is 5.83. The molecule has 0 saturated heterocycles. The van der Waals surface area contributed by atoms with Crippen LogP contribution in [0.2, 0.25) is 5.02 Å². The molecule has 0 aliphatic carbocycles. The van der Waals surface area contributed by atoms with E-state index in [0.717, 1.165) is 35.9 Å². The standard InChI is InChI=1S/C13H20ClNO/c1-4-10(2)9-16-13-7-5-6-12(14)11(13)8-15-3/h5-7,10,15H,4,8-9H2,1-3H3. The normalized spacial score (nSPS) is 12.5. The van der Waals surface area contributed by atoms with Crippen molar-refractivity contribution in [2.24, 2.45) is 5.92 Å². The maximum Gasteiger partial charge on any atom is 0.125 e. The van der Waals surface area contributed by atoms with Crippen LogP contribution in [0.25, 0.3) is 0 Å². The molecule has 1 N–H and O–H groups in total. The Kier molecular flexibility index (Phi) is 5.64. The second-order valence-corrected chi connectivity index (χ2v) is 4.48. The number of nitrogens with one attached hydrogen (secondary N) is 1. The Morgan fingerprint density at radius 2 is 2.19 bits per heavy atom. The maximum atomic E-state index is 6.14. The van der Waals surface area contributed by atoms with Crippen LogP contribution in [0, 0.1) is 5.92 Å². The molecule has 0 aliphatic rings. The second-order valence-electron chi connectivity index (χ2n) is 4.07. The fraction of sp³-hybridized carbons (Fsp3) is 0.538. The number of halogens is 1. The van der Waals surface area contributed by atoms with Crippen molar-refractivity contribution in [3.8, 4) is 5.75 Å². The van der Waals surface area contributed by atoms with Crippen LogP contribution in [-0.4, -0.2) is 13.7 Å². The lowest BCUT2D eigenvalue weighted by molar-refractivity contribution is 0.254. The van der Waals surface area contributed by atoms with Crippen molar-refractivity contribution in [3.05, 3.63) is 28.8 Å². The van der Waals surface area contributed by atoms with Gasteiger partial charge in [0.05, 0.1) is 6.61 Å². The van der Waals surface area contributed by atoms with E-state index in [2.05, 4.69) is 19.2 Å². The SMILES string of the molecule is CCC(C)COc1cccc(Cl)c1CNC. The molecule has 90 valence electrons. The largest absolute Gasteiger partial charge is 0.493 e. The molecule has 0 aromatic heterocycles. The quantitative estimate of drug-likeness (QED) is 0.823. The van der Waals surface area contributed by atoms with Crippen molar-refractivity contribution in [3.63, 3.8) is 0 Å². The lowest BCUT2D eigenvalue weighted by atomic mass is 10.1. The van der Waals surface area contributed by atoms with Crippen molar-refractivity contribution in [1.82, 2.24) is 5.32 Å². The van der Waals surface area contributed by atoms with Crippen LogP contribution in [0.15, 0.2) is 18.2 Å². The van der Waals surface area contributed by atoms with Crippen molar-refractivity contribution in [2.45, 2.75) is 26.8 Å². The van der Waals surface area contributed by atoms with Gasteiger partial charge < -0.3 is 10.1 Å². The summed E-state index contributed by atoms with van der Waals surface area (Å²) in [5.41, 5.74) is 1.04. The van der Waals surface area contributed by atoms with Crippen molar-refractivity contribution < 1.29 is 4.74 Å². The van der Waals surface area contributed by atoms with E-state index in [-0.39, 0.29) is 0 Å². The van der Waals surface area contributed by atoms with Gasteiger partial charge in [0.2, 0.25) is 0 Å². The first-order valence-corrected chi connectivity index (χ1v) is 6.11. The van der Waals surface area contributed by atoms with E-state index in [1.807, 2.05) is 25.2 Å². The number of ether oxygens (including phenoxy) is 1. The topological polar surface area (TPSA) is 21.3 Å². The predicted molar refractivity (Wildman–Crippen MR) is 69.2 cm³/mol. The number of benzene rings is 1. The number of rotatable bonds is 6. The van der Waals surface area contributed by atoms with Crippen molar-refractivity contribution in [2.75, 3.05) is 13.7 Å². The molecule has 0 fully saturated rings. The molecule has 0 bridgehead atoms. The fourth-order valence-corrected chi connectivity index (χ4v) is 1.61. The molecule has 0 saturated carbocycles. The third kappa shape index (κ3) is 3.69. The molecule has 1 aromatic carbocycles. The van der Waals surface area contributed by atoms with Gasteiger partial charge in [-0.1, -0.05) is 37.9 Å². The van der Waals surface area contributed by atoms with Gasteiger partial charge >= 0.3 is 0 Å². The van der Waals surface area contributed by atoms with Gasteiger partial charge in [-0.3, -0.25) is 0 Å². The van der Waals surface area contributed by atoms with Crippen LogP contribution in [0.5, 0.6) is 5.75 Å². The summed E-state index contributed by atoms with van der Waals surface area (Å²) < 4.78 is 5.80. The highest BCUT2D eigenvalue weighted by Gasteiger charge is 2.08. The smallest absolute Gasteiger partial charge is 0.125 e. The van der Waals surface area contributed by atoms with Crippen LogP contribution < -0.4 is 10.1 Å². The van der Waals surface area contributed by atoms with Crippen molar-refractivity contribution >= 4 is 11.6 Å². The Hall–Kier alpha value is -0.730. The zero-order valence-electron chi connectivity index (χ0n) is 10.2. The van der Waals surface area contributed by atoms with E-state index in [1.54, 1.807) is 0 Å². The third-order valence-corrected chi connectivity index (χ3v) is 3.00. The van der Waals surface area contributed by atoms with Gasteiger partial charge in [0, 0.05) is 17.1 Å². The summed E-state index contributed by atoms with van der Waals surface area (Å²) in [5, 5.41) is 3.86. The molecule has 1 rings (SSSR count). The first kappa shape index (κ1) is 13.3. The Bertz CT molecular complexity index is 328. The second kappa shape index (κ2) is 6.77. The first-order valence-electron chi connectivity index (χ1n) is 5.73. The van der Waals surface area contributed by atoms with Crippen LogP contribution in [0.4, 0.5) is 0 Å². The summed E-state index contributed by atoms with van der Waals surface area (Å²) in [5.74, 6) is 1.46. The summed E-state index contributed by atoms with van der Waals surface area (Å²) in [4.78, 5) is 0. The monoisotopic (exact) mass is 241 g/mol. The average Bonchev–Trinajstić information content (AvgIpc) is 2.29. The summed E-state index contributed by atoms with van der Waals surface area (Å²) in [6, 6.07) is 5.79.